The Labute approximate surface area is 475 Å². The van der Waals surface area contributed by atoms with E-state index in [0.29, 0.717) is 25.2 Å². The van der Waals surface area contributed by atoms with Gasteiger partial charge in [0.15, 0.2) is 0 Å². The largest absolute Gasteiger partial charge is 0.444 e. The van der Waals surface area contributed by atoms with Gasteiger partial charge in [-0.25, -0.2) is 9.59 Å². The average molecular weight is 1080 g/mol. The molecule has 2 aliphatic heterocycles. The van der Waals surface area contributed by atoms with Gasteiger partial charge in [0.25, 0.3) is 0 Å². The summed E-state index contributed by atoms with van der Waals surface area (Å²) in [6.07, 6.45) is 26.2. The molecular formula is C66H106N8O4. The third kappa shape index (κ3) is 27.4. The fraction of sp³-hybridized carbons (Fsp3) is 0.576. The van der Waals surface area contributed by atoms with Gasteiger partial charge in [0, 0.05) is 110 Å². The lowest BCUT2D eigenvalue weighted by Gasteiger charge is -2.42. The highest BCUT2D eigenvalue weighted by Gasteiger charge is 2.32. The van der Waals surface area contributed by atoms with E-state index in [1.807, 2.05) is 66.4 Å². The van der Waals surface area contributed by atoms with Gasteiger partial charge in [-0.3, -0.25) is 15.0 Å². The lowest BCUT2D eigenvalue weighted by Crippen LogP contribution is -2.54. The minimum absolute atomic E-state index is 0.0807. The number of nitriles is 1. The first-order valence-corrected chi connectivity index (χ1v) is 28.7. The van der Waals surface area contributed by atoms with Crippen molar-refractivity contribution < 1.29 is 19.1 Å². The molecular weight excluding hydrogens is 969 g/mol. The van der Waals surface area contributed by atoms with Gasteiger partial charge in [0.05, 0.1) is 11.6 Å². The molecule has 0 spiro atoms. The van der Waals surface area contributed by atoms with Crippen molar-refractivity contribution in [3.8, 4) is 6.07 Å². The normalized spacial score (nSPS) is 16.8. The van der Waals surface area contributed by atoms with Crippen LogP contribution in [0.3, 0.4) is 0 Å². The Kier molecular flexibility index (Phi) is 35.3. The van der Waals surface area contributed by atoms with Crippen LogP contribution in [0.1, 0.15) is 195 Å². The average Bonchev–Trinajstić information content (AvgIpc) is 3.38. The SMILES string of the molecule is C=CN=C(C)C(/C(=C\C)CC)=C(\C)N1CCN(C(=O)OC(C)(C)C)C(C)C1.C=CN=C(C)C(/C(=C\C)CC)=C(\C)N1CCN(C(=O)OC(C)(C)C)CC1.CC/C=C/C=C(\C=C(/C)CCC)CC.CCCc1cc(C#N)ccn1. The number of allylic oxidation sites excluding steroid dienone is 14. The highest BCUT2D eigenvalue weighted by molar-refractivity contribution is 6.03. The number of hydrogen-bond acceptors (Lipinski definition) is 10. The molecule has 0 bridgehead atoms. The monoisotopic (exact) mass is 1070 g/mol. The lowest BCUT2D eigenvalue weighted by atomic mass is 9.96. The van der Waals surface area contributed by atoms with E-state index in [-0.39, 0.29) is 18.2 Å². The quantitative estimate of drug-likeness (QED) is 0.105. The van der Waals surface area contributed by atoms with E-state index in [1.165, 1.54) is 57.7 Å². The summed E-state index contributed by atoms with van der Waals surface area (Å²) in [5, 5.41) is 8.55. The van der Waals surface area contributed by atoms with Gasteiger partial charge in [-0.1, -0.05) is 110 Å². The van der Waals surface area contributed by atoms with E-state index in [2.05, 4.69) is 164 Å². The number of piperazine rings is 2. The fourth-order valence-electron chi connectivity index (χ4n) is 8.95. The second kappa shape index (κ2) is 38.4. The van der Waals surface area contributed by atoms with E-state index in [9.17, 15) is 9.59 Å². The second-order valence-corrected chi connectivity index (χ2v) is 21.5. The van der Waals surface area contributed by atoms with Gasteiger partial charge in [0.2, 0.25) is 0 Å². The summed E-state index contributed by atoms with van der Waals surface area (Å²) in [5.41, 5.74) is 12.9. The molecule has 0 aromatic carbocycles. The molecule has 0 radical (unpaired) electrons. The standard InChI is InChI=1S/C22H37N3O2.C21H35N3O2.C14H24.C9H10N2/c1-10-19(11-2)20(17(5)23-12-3)18(6)24-13-14-25(16(4)15-24)21(26)27-22(7,8)9;1-9-18(10-2)19(16(4)22-11-3)17(5)23-12-14-24(15-13-23)20(25)26-21(6,7)8;1-5-8-9-11-14(7-3)12-13(4)10-6-2;1-2-3-9-6-8(7-10)4-5-11-9/h10,12,16H,3,11,13-15H2,1-2,4-9H3;9,11H,3,10,12-15H2,1-2,4-8H3;8-9,11-12H,5-7,10H2,1-4H3;4-6H,2-3H2,1H3/b19-10-,20-18-,23-17?;18-9-,19-17-,22-16?;9-8+,13-12+,14-11-;. The maximum absolute atomic E-state index is 12.5. The third-order valence-corrected chi connectivity index (χ3v) is 12.9. The predicted octanol–water partition coefficient (Wildman–Crippen LogP) is 16.9. The number of ether oxygens (including phenoxy) is 2. The number of carbonyl (C=O) groups excluding carboxylic acids is 2. The molecule has 2 saturated heterocycles. The number of hydrogen-bond donors (Lipinski definition) is 0. The van der Waals surface area contributed by atoms with Crippen LogP contribution in [0, 0.1) is 11.3 Å². The summed E-state index contributed by atoms with van der Waals surface area (Å²) in [6.45, 7) is 53.7. The molecule has 1 unspecified atom stereocenters. The van der Waals surface area contributed by atoms with Crippen LogP contribution >= 0.6 is 0 Å². The molecule has 0 saturated carbocycles. The molecule has 1 atom stereocenters. The summed E-state index contributed by atoms with van der Waals surface area (Å²) in [6, 6.07) is 5.72. The summed E-state index contributed by atoms with van der Waals surface area (Å²) < 4.78 is 11.0. The van der Waals surface area contributed by atoms with Crippen LogP contribution in [0.15, 0.2) is 135 Å². The van der Waals surface area contributed by atoms with Gasteiger partial charge >= 0.3 is 12.2 Å². The Bertz CT molecular complexity index is 2350. The molecule has 0 aliphatic carbocycles. The molecule has 1 aromatic heterocycles. The summed E-state index contributed by atoms with van der Waals surface area (Å²) in [5.74, 6) is 0. The topological polar surface area (TPSA) is 127 Å². The van der Waals surface area contributed by atoms with Crippen LogP contribution in [-0.4, -0.2) is 111 Å². The Hall–Kier alpha value is -6.22. The molecule has 1 aromatic rings. The first-order chi connectivity index (χ1) is 36.8. The van der Waals surface area contributed by atoms with Crippen molar-refractivity contribution in [2.45, 2.75) is 207 Å². The van der Waals surface area contributed by atoms with Crippen molar-refractivity contribution in [1.29, 1.82) is 5.26 Å². The summed E-state index contributed by atoms with van der Waals surface area (Å²) in [7, 11) is 0. The number of carbonyl (C=O) groups is 2. The number of nitrogens with zero attached hydrogens (tertiary/aromatic N) is 8. The summed E-state index contributed by atoms with van der Waals surface area (Å²) >= 11 is 0. The molecule has 3 heterocycles. The number of aromatic nitrogens is 1. The van der Waals surface area contributed by atoms with Crippen molar-refractivity contribution in [3.05, 3.63) is 136 Å². The Balaban J connectivity index is 0.00000108. The van der Waals surface area contributed by atoms with Crippen molar-refractivity contribution in [1.82, 2.24) is 24.6 Å². The number of amides is 2. The first kappa shape index (κ1) is 71.8. The van der Waals surface area contributed by atoms with E-state index < -0.39 is 11.2 Å². The minimum Gasteiger partial charge on any atom is -0.444 e. The van der Waals surface area contributed by atoms with Gasteiger partial charge < -0.3 is 29.1 Å². The molecule has 78 heavy (non-hydrogen) atoms. The van der Waals surface area contributed by atoms with Gasteiger partial charge in [-0.05, 0) is 164 Å². The zero-order valence-corrected chi connectivity index (χ0v) is 52.7. The Morgan fingerprint density at radius 2 is 1.24 bits per heavy atom. The van der Waals surface area contributed by atoms with Crippen LogP contribution in [0.2, 0.25) is 0 Å². The number of rotatable bonds is 18. The molecule has 3 rings (SSSR count). The molecule has 0 N–H and O–H groups in total. The van der Waals surface area contributed by atoms with E-state index in [4.69, 9.17) is 14.7 Å². The van der Waals surface area contributed by atoms with Crippen molar-refractivity contribution in [2.24, 2.45) is 9.98 Å². The van der Waals surface area contributed by atoms with Gasteiger partial charge in [-0.15, -0.1) is 0 Å². The highest BCUT2D eigenvalue weighted by Crippen LogP contribution is 2.27. The number of aryl methyl sites for hydroxylation is 1. The molecule has 12 heteroatoms. The molecule has 2 fully saturated rings. The van der Waals surface area contributed by atoms with Crippen LogP contribution in [0.4, 0.5) is 9.59 Å². The fourth-order valence-corrected chi connectivity index (χ4v) is 8.95. The maximum Gasteiger partial charge on any atom is 0.410 e. The van der Waals surface area contributed by atoms with Gasteiger partial charge in [0.1, 0.15) is 11.2 Å². The zero-order chi connectivity index (χ0) is 59.6. The second-order valence-electron chi connectivity index (χ2n) is 21.5. The number of pyridine rings is 1. The van der Waals surface area contributed by atoms with Crippen LogP contribution < -0.4 is 0 Å². The Morgan fingerprint density at radius 3 is 1.67 bits per heavy atom. The van der Waals surface area contributed by atoms with Crippen LogP contribution in [0.25, 0.3) is 0 Å². The first-order valence-electron chi connectivity index (χ1n) is 28.7. The highest BCUT2D eigenvalue weighted by atomic mass is 16.6. The zero-order valence-electron chi connectivity index (χ0n) is 52.7. The number of aliphatic imine (C=N–C) groups is 2. The summed E-state index contributed by atoms with van der Waals surface area (Å²) in [4.78, 5) is 46.0. The maximum atomic E-state index is 12.5. The minimum atomic E-state index is -0.475. The van der Waals surface area contributed by atoms with Crippen molar-refractivity contribution in [3.63, 3.8) is 0 Å². The molecule has 2 aliphatic rings. The smallest absolute Gasteiger partial charge is 0.410 e. The Morgan fingerprint density at radius 1 is 0.744 bits per heavy atom. The van der Waals surface area contributed by atoms with Crippen molar-refractivity contribution >= 4 is 23.6 Å². The van der Waals surface area contributed by atoms with E-state index in [0.717, 1.165) is 81.8 Å². The third-order valence-electron chi connectivity index (χ3n) is 12.9. The van der Waals surface area contributed by atoms with Crippen LogP contribution in [-0.2, 0) is 15.9 Å². The van der Waals surface area contributed by atoms with E-state index in [1.54, 1.807) is 29.6 Å². The molecule has 12 nitrogen and oxygen atoms in total. The van der Waals surface area contributed by atoms with Crippen molar-refractivity contribution in [2.75, 3.05) is 45.8 Å². The van der Waals surface area contributed by atoms with E-state index >= 15 is 0 Å². The molecule has 434 valence electrons. The van der Waals surface area contributed by atoms with Gasteiger partial charge in [-0.2, -0.15) is 5.26 Å². The lowest BCUT2D eigenvalue weighted by molar-refractivity contribution is 0.00486. The van der Waals surface area contributed by atoms with Crippen LogP contribution in [0.5, 0.6) is 0 Å². The molecule has 2 amide bonds. The predicted molar refractivity (Wildman–Crippen MR) is 333 cm³/mol.